The molecule has 3 atom stereocenters. The van der Waals surface area contributed by atoms with E-state index in [1.807, 2.05) is 0 Å². The highest BCUT2D eigenvalue weighted by Crippen LogP contribution is 2.28. The molecule has 3 unspecified atom stereocenters. The zero-order valence-corrected chi connectivity index (χ0v) is 10.2. The normalized spacial score (nSPS) is 32.5. The van der Waals surface area contributed by atoms with Crippen LogP contribution in [0.1, 0.15) is 47.0 Å². The standard InChI is InChI=1S/C12H23NO2/c1-8-5-6-10(9(2)7-8)13-11(14)12(3,4)15/h8-10,15H,5-7H2,1-4H3,(H,13,14). The second kappa shape index (κ2) is 4.52. The van der Waals surface area contributed by atoms with Crippen molar-refractivity contribution < 1.29 is 9.90 Å². The Bertz CT molecular complexity index is 232. The van der Waals surface area contributed by atoms with Crippen molar-refractivity contribution >= 4 is 5.91 Å². The van der Waals surface area contributed by atoms with Gasteiger partial charge in [0.05, 0.1) is 0 Å². The molecule has 1 amide bonds. The van der Waals surface area contributed by atoms with Gasteiger partial charge in [-0.25, -0.2) is 0 Å². The number of carbonyl (C=O) groups excluding carboxylic acids is 1. The first kappa shape index (κ1) is 12.5. The van der Waals surface area contributed by atoms with Gasteiger partial charge in [-0.2, -0.15) is 0 Å². The van der Waals surface area contributed by atoms with Crippen molar-refractivity contribution in [2.24, 2.45) is 11.8 Å². The molecule has 1 saturated carbocycles. The quantitative estimate of drug-likeness (QED) is 0.733. The van der Waals surface area contributed by atoms with E-state index in [1.165, 1.54) is 20.3 Å². The van der Waals surface area contributed by atoms with E-state index in [0.717, 1.165) is 18.8 Å². The topological polar surface area (TPSA) is 49.3 Å². The Morgan fingerprint density at radius 2 is 1.93 bits per heavy atom. The number of amides is 1. The lowest BCUT2D eigenvalue weighted by molar-refractivity contribution is -0.137. The second-order valence-corrected chi connectivity index (χ2v) is 5.53. The van der Waals surface area contributed by atoms with E-state index in [9.17, 15) is 9.90 Å². The first-order valence-electron chi connectivity index (χ1n) is 5.84. The van der Waals surface area contributed by atoms with Gasteiger partial charge in [-0.3, -0.25) is 4.79 Å². The maximum atomic E-state index is 11.6. The van der Waals surface area contributed by atoms with Gasteiger partial charge >= 0.3 is 0 Å². The molecule has 3 nitrogen and oxygen atoms in total. The Morgan fingerprint density at radius 3 is 2.40 bits per heavy atom. The van der Waals surface area contributed by atoms with Crippen LogP contribution in [0.5, 0.6) is 0 Å². The summed E-state index contributed by atoms with van der Waals surface area (Å²) in [5.74, 6) is 1.02. The third-order valence-electron chi connectivity index (χ3n) is 3.30. The lowest BCUT2D eigenvalue weighted by Crippen LogP contribution is -2.50. The average Bonchev–Trinajstić information content (AvgIpc) is 2.08. The number of nitrogens with one attached hydrogen (secondary N) is 1. The third-order valence-corrected chi connectivity index (χ3v) is 3.30. The molecule has 1 rings (SSSR count). The van der Waals surface area contributed by atoms with Crippen LogP contribution in [0.15, 0.2) is 0 Å². The molecule has 0 bridgehead atoms. The summed E-state index contributed by atoms with van der Waals surface area (Å²) in [5.41, 5.74) is -1.26. The molecular weight excluding hydrogens is 190 g/mol. The molecule has 0 aromatic carbocycles. The SMILES string of the molecule is CC1CCC(NC(=O)C(C)(C)O)C(C)C1. The van der Waals surface area contributed by atoms with Crippen molar-refractivity contribution in [3.63, 3.8) is 0 Å². The van der Waals surface area contributed by atoms with Crippen LogP contribution in [0.3, 0.4) is 0 Å². The summed E-state index contributed by atoms with van der Waals surface area (Å²) in [6.07, 6.45) is 3.36. The van der Waals surface area contributed by atoms with E-state index >= 15 is 0 Å². The van der Waals surface area contributed by atoms with Gasteiger partial charge in [-0.05, 0) is 44.9 Å². The summed E-state index contributed by atoms with van der Waals surface area (Å²) in [4.78, 5) is 11.6. The molecule has 0 aromatic rings. The van der Waals surface area contributed by atoms with Crippen LogP contribution in [-0.4, -0.2) is 22.7 Å². The molecular formula is C12H23NO2. The van der Waals surface area contributed by atoms with Gasteiger partial charge in [0.25, 0.3) is 5.91 Å². The van der Waals surface area contributed by atoms with Crippen LogP contribution >= 0.6 is 0 Å². The van der Waals surface area contributed by atoms with Crippen LogP contribution in [0.2, 0.25) is 0 Å². The lowest BCUT2D eigenvalue weighted by atomic mass is 9.79. The molecule has 88 valence electrons. The Balaban J connectivity index is 2.49. The van der Waals surface area contributed by atoms with Gasteiger partial charge in [-0.1, -0.05) is 13.8 Å². The van der Waals surface area contributed by atoms with Crippen LogP contribution in [0.4, 0.5) is 0 Å². The summed E-state index contributed by atoms with van der Waals surface area (Å²) < 4.78 is 0. The molecule has 3 heteroatoms. The van der Waals surface area contributed by atoms with Crippen molar-refractivity contribution in [3.8, 4) is 0 Å². The summed E-state index contributed by atoms with van der Waals surface area (Å²) in [6.45, 7) is 7.48. The fraction of sp³-hybridized carbons (Fsp3) is 0.917. The smallest absolute Gasteiger partial charge is 0.251 e. The summed E-state index contributed by atoms with van der Waals surface area (Å²) >= 11 is 0. The summed E-state index contributed by atoms with van der Waals surface area (Å²) in [5, 5.41) is 12.5. The minimum absolute atomic E-state index is 0.236. The largest absolute Gasteiger partial charge is 0.381 e. The van der Waals surface area contributed by atoms with Crippen molar-refractivity contribution in [3.05, 3.63) is 0 Å². The Kier molecular flexibility index (Phi) is 3.77. The van der Waals surface area contributed by atoms with Crippen LogP contribution < -0.4 is 5.32 Å². The van der Waals surface area contributed by atoms with Crippen molar-refractivity contribution in [1.82, 2.24) is 5.32 Å². The van der Waals surface area contributed by atoms with Crippen molar-refractivity contribution in [2.75, 3.05) is 0 Å². The predicted molar refractivity (Wildman–Crippen MR) is 60.4 cm³/mol. The Labute approximate surface area is 92.3 Å². The highest BCUT2D eigenvalue weighted by molar-refractivity contribution is 5.84. The molecule has 0 saturated heterocycles. The van der Waals surface area contributed by atoms with E-state index < -0.39 is 5.60 Å². The van der Waals surface area contributed by atoms with Crippen molar-refractivity contribution in [1.29, 1.82) is 0 Å². The Hall–Kier alpha value is -0.570. The maximum absolute atomic E-state index is 11.6. The first-order chi connectivity index (χ1) is 6.80. The molecule has 0 aliphatic heterocycles. The average molecular weight is 213 g/mol. The van der Waals surface area contributed by atoms with Crippen LogP contribution in [-0.2, 0) is 4.79 Å². The minimum Gasteiger partial charge on any atom is -0.381 e. The summed E-state index contributed by atoms with van der Waals surface area (Å²) in [7, 11) is 0. The molecule has 0 aromatic heterocycles. The van der Waals surface area contributed by atoms with E-state index in [1.54, 1.807) is 0 Å². The van der Waals surface area contributed by atoms with Gasteiger partial charge in [0.2, 0.25) is 0 Å². The zero-order chi connectivity index (χ0) is 11.6. The molecule has 1 fully saturated rings. The number of hydrogen-bond donors (Lipinski definition) is 2. The number of aliphatic hydroxyl groups is 1. The fourth-order valence-electron chi connectivity index (χ4n) is 2.22. The van der Waals surface area contributed by atoms with Gasteiger partial charge in [0, 0.05) is 6.04 Å². The van der Waals surface area contributed by atoms with Crippen LogP contribution in [0, 0.1) is 11.8 Å². The van der Waals surface area contributed by atoms with Gasteiger partial charge in [0.1, 0.15) is 5.60 Å². The molecule has 2 N–H and O–H groups in total. The van der Waals surface area contributed by atoms with Gasteiger partial charge in [-0.15, -0.1) is 0 Å². The monoisotopic (exact) mass is 213 g/mol. The van der Waals surface area contributed by atoms with Gasteiger partial charge in [0.15, 0.2) is 0 Å². The minimum atomic E-state index is -1.26. The zero-order valence-electron chi connectivity index (χ0n) is 10.2. The number of rotatable bonds is 2. The molecule has 0 heterocycles. The molecule has 0 radical (unpaired) electrons. The van der Waals surface area contributed by atoms with Gasteiger partial charge < -0.3 is 10.4 Å². The molecule has 15 heavy (non-hydrogen) atoms. The molecule has 0 spiro atoms. The third kappa shape index (κ3) is 3.49. The van der Waals surface area contributed by atoms with E-state index in [-0.39, 0.29) is 11.9 Å². The van der Waals surface area contributed by atoms with Crippen LogP contribution in [0.25, 0.3) is 0 Å². The highest BCUT2D eigenvalue weighted by Gasteiger charge is 2.31. The second-order valence-electron chi connectivity index (χ2n) is 5.53. The van der Waals surface area contributed by atoms with E-state index in [4.69, 9.17) is 0 Å². The van der Waals surface area contributed by atoms with Crippen molar-refractivity contribution in [2.45, 2.75) is 58.6 Å². The summed E-state index contributed by atoms with van der Waals surface area (Å²) in [6, 6.07) is 0.236. The Morgan fingerprint density at radius 1 is 1.33 bits per heavy atom. The lowest BCUT2D eigenvalue weighted by Gasteiger charge is -2.34. The highest BCUT2D eigenvalue weighted by atomic mass is 16.3. The van der Waals surface area contributed by atoms with E-state index in [0.29, 0.717) is 5.92 Å². The predicted octanol–water partition coefficient (Wildman–Crippen LogP) is 1.70. The van der Waals surface area contributed by atoms with E-state index in [2.05, 4.69) is 19.2 Å². The fourth-order valence-corrected chi connectivity index (χ4v) is 2.22. The molecule has 1 aliphatic carbocycles. The maximum Gasteiger partial charge on any atom is 0.251 e. The molecule has 1 aliphatic rings. The first-order valence-corrected chi connectivity index (χ1v) is 5.84. The number of carbonyl (C=O) groups is 1. The number of hydrogen-bond acceptors (Lipinski definition) is 2.